The molecule has 1 aliphatic rings. The number of carboxylic acid groups (broad SMARTS) is 1. The Morgan fingerprint density at radius 2 is 1.74 bits per heavy atom. The molecule has 144 valence electrons. The molecule has 1 aromatic carbocycles. The topological polar surface area (TPSA) is 71.3 Å². The number of benzene rings is 1. The summed E-state index contributed by atoms with van der Waals surface area (Å²) >= 11 is 0. The van der Waals surface area contributed by atoms with Crippen LogP contribution in [-0.2, 0) is 4.79 Å². The molecule has 0 spiro atoms. The Morgan fingerprint density at radius 1 is 1.11 bits per heavy atom. The fraction of sp³-hybridized carbons (Fsp3) is 0.455. The molecule has 1 fully saturated rings. The second kappa shape index (κ2) is 7.99. The summed E-state index contributed by atoms with van der Waals surface area (Å²) in [6, 6.07) is 12.4. The molecule has 1 heterocycles. The molecular weight excluding hydrogens is 340 g/mol. The Balaban J connectivity index is 1.72. The Morgan fingerprint density at radius 3 is 2.33 bits per heavy atom. The highest BCUT2D eigenvalue weighted by Gasteiger charge is 2.28. The third-order valence-electron chi connectivity index (χ3n) is 5.81. The van der Waals surface area contributed by atoms with Crippen LogP contribution in [0.1, 0.15) is 66.0 Å². The summed E-state index contributed by atoms with van der Waals surface area (Å²) in [5, 5.41) is 12.2. The maximum absolute atomic E-state index is 12.8. The molecule has 5 heteroatoms. The molecule has 0 bridgehead atoms. The summed E-state index contributed by atoms with van der Waals surface area (Å²) in [5.74, 6) is -1.05. The van der Waals surface area contributed by atoms with Gasteiger partial charge in [0, 0.05) is 17.4 Å². The van der Waals surface area contributed by atoms with E-state index in [4.69, 9.17) is 5.11 Å². The summed E-state index contributed by atoms with van der Waals surface area (Å²) in [5.41, 5.74) is 3.93. The molecular formula is C22H28N2O3. The average molecular weight is 368 g/mol. The molecule has 3 rings (SSSR count). The van der Waals surface area contributed by atoms with Gasteiger partial charge in [0.15, 0.2) is 0 Å². The Labute approximate surface area is 160 Å². The maximum atomic E-state index is 12.8. The first-order valence-electron chi connectivity index (χ1n) is 9.65. The van der Waals surface area contributed by atoms with Crippen molar-refractivity contribution in [1.29, 1.82) is 0 Å². The minimum atomic E-state index is -0.724. The third-order valence-corrected chi connectivity index (χ3v) is 5.81. The Hall–Kier alpha value is -2.56. The lowest BCUT2D eigenvalue weighted by molar-refractivity contribution is -0.142. The van der Waals surface area contributed by atoms with Crippen molar-refractivity contribution in [2.24, 2.45) is 5.92 Å². The van der Waals surface area contributed by atoms with Gasteiger partial charge in [-0.2, -0.15) is 0 Å². The van der Waals surface area contributed by atoms with E-state index in [1.54, 1.807) is 0 Å². The lowest BCUT2D eigenvalue weighted by Crippen LogP contribution is -2.38. The number of aliphatic carboxylic acids is 1. The molecule has 0 radical (unpaired) electrons. The Bertz CT molecular complexity index is 818. The van der Waals surface area contributed by atoms with Gasteiger partial charge in [-0.15, -0.1) is 0 Å². The summed E-state index contributed by atoms with van der Waals surface area (Å²) in [6.07, 6.45) is 2.71. The number of rotatable bonds is 5. The van der Waals surface area contributed by atoms with Crippen LogP contribution in [0.2, 0.25) is 0 Å². The zero-order valence-corrected chi connectivity index (χ0v) is 16.2. The number of aryl methyl sites for hydroxylation is 1. The van der Waals surface area contributed by atoms with Crippen LogP contribution in [0.15, 0.2) is 36.4 Å². The molecule has 2 aromatic rings. The van der Waals surface area contributed by atoms with Crippen LogP contribution in [0.25, 0.3) is 0 Å². The molecule has 1 unspecified atom stereocenters. The highest BCUT2D eigenvalue weighted by atomic mass is 16.4. The molecule has 1 aliphatic carbocycles. The quantitative estimate of drug-likeness (QED) is 0.835. The number of carboxylic acids is 1. The van der Waals surface area contributed by atoms with E-state index in [1.165, 1.54) is 5.56 Å². The van der Waals surface area contributed by atoms with Gasteiger partial charge in [-0.3, -0.25) is 9.59 Å². The van der Waals surface area contributed by atoms with Gasteiger partial charge < -0.3 is 15.0 Å². The summed E-state index contributed by atoms with van der Waals surface area (Å²) < 4.78 is 2.20. The summed E-state index contributed by atoms with van der Waals surface area (Å²) in [7, 11) is 0. The molecule has 1 aromatic heterocycles. The molecule has 27 heavy (non-hydrogen) atoms. The number of hydrogen-bond donors (Lipinski definition) is 2. The van der Waals surface area contributed by atoms with Gasteiger partial charge in [-0.1, -0.05) is 30.3 Å². The predicted octanol–water partition coefficient (Wildman–Crippen LogP) is 4.09. The van der Waals surface area contributed by atoms with Crippen LogP contribution in [0.5, 0.6) is 0 Å². The number of hydrogen-bond acceptors (Lipinski definition) is 2. The number of aromatic nitrogens is 1. The highest BCUT2D eigenvalue weighted by Crippen LogP contribution is 2.27. The second-order valence-electron chi connectivity index (χ2n) is 7.60. The Kier molecular flexibility index (Phi) is 5.68. The van der Waals surface area contributed by atoms with Crippen LogP contribution in [0.3, 0.4) is 0 Å². The molecule has 2 N–H and O–H groups in total. The summed E-state index contributed by atoms with van der Waals surface area (Å²) in [4.78, 5) is 23.9. The summed E-state index contributed by atoms with van der Waals surface area (Å²) in [6.45, 7) is 6.16. The van der Waals surface area contributed by atoms with Crippen molar-refractivity contribution in [3.8, 4) is 0 Å². The van der Waals surface area contributed by atoms with E-state index in [0.29, 0.717) is 18.4 Å². The van der Waals surface area contributed by atoms with Gasteiger partial charge in [0.05, 0.1) is 17.5 Å². The average Bonchev–Trinajstić information content (AvgIpc) is 2.96. The van der Waals surface area contributed by atoms with E-state index in [9.17, 15) is 9.59 Å². The van der Waals surface area contributed by atoms with Gasteiger partial charge in [-0.05, 0) is 58.1 Å². The van der Waals surface area contributed by atoms with Crippen molar-refractivity contribution in [3.05, 3.63) is 58.9 Å². The second-order valence-corrected chi connectivity index (χ2v) is 7.60. The van der Waals surface area contributed by atoms with Crippen LogP contribution in [0.4, 0.5) is 0 Å². The van der Waals surface area contributed by atoms with Crippen LogP contribution in [-0.4, -0.2) is 27.6 Å². The zero-order chi connectivity index (χ0) is 19.6. The molecule has 1 atom stereocenters. The van der Waals surface area contributed by atoms with E-state index >= 15 is 0 Å². The maximum Gasteiger partial charge on any atom is 0.306 e. The monoisotopic (exact) mass is 368 g/mol. The number of nitrogens with one attached hydrogen (secondary N) is 1. The van der Waals surface area contributed by atoms with Crippen molar-refractivity contribution in [1.82, 2.24) is 9.88 Å². The van der Waals surface area contributed by atoms with E-state index < -0.39 is 5.97 Å². The predicted molar refractivity (Wildman–Crippen MR) is 105 cm³/mol. The van der Waals surface area contributed by atoms with Crippen molar-refractivity contribution >= 4 is 11.9 Å². The number of amides is 1. The molecule has 5 nitrogen and oxygen atoms in total. The lowest BCUT2D eigenvalue weighted by Gasteiger charge is -2.26. The number of nitrogens with zero attached hydrogens (tertiary/aromatic N) is 1. The molecule has 0 saturated heterocycles. The first-order valence-corrected chi connectivity index (χ1v) is 9.65. The van der Waals surface area contributed by atoms with E-state index in [2.05, 4.69) is 28.9 Å². The molecule has 0 aliphatic heterocycles. The lowest BCUT2D eigenvalue weighted by atomic mass is 9.86. The van der Waals surface area contributed by atoms with Gasteiger partial charge >= 0.3 is 5.97 Å². The fourth-order valence-electron chi connectivity index (χ4n) is 4.23. The van der Waals surface area contributed by atoms with Crippen LogP contribution >= 0.6 is 0 Å². The minimum Gasteiger partial charge on any atom is -0.481 e. The first kappa shape index (κ1) is 19.2. The first-order chi connectivity index (χ1) is 12.9. The van der Waals surface area contributed by atoms with Crippen molar-refractivity contribution < 1.29 is 14.7 Å². The fourth-order valence-corrected chi connectivity index (χ4v) is 4.23. The van der Waals surface area contributed by atoms with E-state index in [0.717, 1.165) is 24.2 Å². The van der Waals surface area contributed by atoms with E-state index in [-0.39, 0.29) is 23.9 Å². The molecule has 1 saturated carbocycles. The minimum absolute atomic E-state index is 0.0581. The van der Waals surface area contributed by atoms with Crippen molar-refractivity contribution in [2.75, 3.05) is 0 Å². The largest absolute Gasteiger partial charge is 0.481 e. The highest BCUT2D eigenvalue weighted by molar-refractivity contribution is 5.96. The standard InChI is InChI=1S/C22H28N2O3/c1-14-13-20(16(3)24(14)15(2)17-7-5-4-6-8-17)21(25)23-19-11-9-18(10-12-19)22(26)27/h4-8,13,15,18-19H,9-12H2,1-3H3,(H,23,25)(H,26,27). The van der Waals surface area contributed by atoms with Crippen LogP contribution in [0, 0.1) is 19.8 Å². The van der Waals surface area contributed by atoms with Gasteiger partial charge in [-0.25, -0.2) is 0 Å². The zero-order valence-electron chi connectivity index (χ0n) is 16.2. The molecule has 1 amide bonds. The SMILES string of the molecule is Cc1cc(C(=O)NC2CCC(C(=O)O)CC2)c(C)n1C(C)c1ccccc1. The van der Waals surface area contributed by atoms with Gasteiger partial charge in [0.2, 0.25) is 0 Å². The number of carbonyl (C=O) groups is 2. The van der Waals surface area contributed by atoms with Crippen molar-refractivity contribution in [2.45, 2.75) is 58.5 Å². The van der Waals surface area contributed by atoms with Crippen molar-refractivity contribution in [3.63, 3.8) is 0 Å². The van der Waals surface area contributed by atoms with E-state index in [1.807, 2.05) is 38.1 Å². The van der Waals surface area contributed by atoms with Gasteiger partial charge in [0.1, 0.15) is 0 Å². The van der Waals surface area contributed by atoms with Crippen LogP contribution < -0.4 is 5.32 Å². The number of carbonyl (C=O) groups excluding carboxylic acids is 1. The van der Waals surface area contributed by atoms with Gasteiger partial charge in [0.25, 0.3) is 5.91 Å². The third kappa shape index (κ3) is 4.07. The normalized spacial score (nSPS) is 20.9. The smallest absolute Gasteiger partial charge is 0.306 e.